The Bertz CT molecular complexity index is 951. The summed E-state index contributed by atoms with van der Waals surface area (Å²) in [5, 5.41) is 0.682. The summed E-state index contributed by atoms with van der Waals surface area (Å²) in [7, 11) is 1.64. The predicted molar refractivity (Wildman–Crippen MR) is 108 cm³/mol. The summed E-state index contributed by atoms with van der Waals surface area (Å²) < 4.78 is 49.7. The van der Waals surface area contributed by atoms with E-state index in [1.165, 1.54) is 23.5 Å². The summed E-state index contributed by atoms with van der Waals surface area (Å²) >= 11 is 1.45. The lowest BCUT2D eigenvalue weighted by atomic mass is 10.1. The Morgan fingerprint density at radius 2 is 1.83 bits per heavy atom. The fraction of sp³-hybridized carbons (Fsp3) is 0.318. The molecule has 0 spiro atoms. The number of halogens is 3. The molecule has 7 heteroatoms. The number of hydrogen-bond donors (Lipinski definition) is 0. The molecule has 0 amide bonds. The smallest absolute Gasteiger partial charge is 0.416 e. The maximum atomic E-state index is 12.8. The van der Waals surface area contributed by atoms with Gasteiger partial charge in [-0.1, -0.05) is 31.2 Å². The van der Waals surface area contributed by atoms with Crippen molar-refractivity contribution in [1.29, 1.82) is 0 Å². The second kappa shape index (κ2) is 8.97. The predicted octanol–water partition coefficient (Wildman–Crippen LogP) is 6.81. The molecule has 0 aliphatic heterocycles. The van der Waals surface area contributed by atoms with Gasteiger partial charge < -0.3 is 9.47 Å². The van der Waals surface area contributed by atoms with E-state index in [4.69, 9.17) is 9.47 Å². The molecule has 0 aliphatic rings. The molecule has 3 rings (SSSR count). The molecule has 0 bridgehead atoms. The van der Waals surface area contributed by atoms with Crippen molar-refractivity contribution < 1.29 is 22.6 Å². The number of alkyl halides is 3. The van der Waals surface area contributed by atoms with E-state index in [0.717, 1.165) is 40.4 Å². The minimum Gasteiger partial charge on any atom is -0.485 e. The third-order valence-corrected chi connectivity index (χ3v) is 5.74. The van der Waals surface area contributed by atoms with Gasteiger partial charge in [-0.15, -0.1) is 11.3 Å². The SMILES string of the molecule is CCC(Oc1cccc(COC)c1)c1sc(-c2ccc(C(F)(F)F)cc2)nc1C. The van der Waals surface area contributed by atoms with Crippen LogP contribution < -0.4 is 4.74 Å². The summed E-state index contributed by atoms with van der Waals surface area (Å²) in [6, 6.07) is 12.8. The van der Waals surface area contributed by atoms with Gasteiger partial charge in [-0.05, 0) is 43.2 Å². The van der Waals surface area contributed by atoms with Crippen molar-refractivity contribution in [2.75, 3.05) is 7.11 Å². The van der Waals surface area contributed by atoms with Gasteiger partial charge in [-0.25, -0.2) is 4.98 Å². The van der Waals surface area contributed by atoms with Crippen LogP contribution in [-0.2, 0) is 17.5 Å². The molecule has 154 valence electrons. The third-order valence-electron chi connectivity index (χ3n) is 4.44. The van der Waals surface area contributed by atoms with E-state index in [0.29, 0.717) is 17.2 Å². The van der Waals surface area contributed by atoms with E-state index in [1.54, 1.807) is 7.11 Å². The molecule has 2 aromatic carbocycles. The molecule has 1 unspecified atom stereocenters. The number of ether oxygens (including phenoxy) is 2. The molecule has 29 heavy (non-hydrogen) atoms. The average molecular weight is 421 g/mol. The molecule has 0 aliphatic carbocycles. The molecular formula is C22H22F3NO2S. The molecule has 0 N–H and O–H groups in total. The first-order chi connectivity index (χ1) is 13.8. The normalized spacial score (nSPS) is 12.8. The molecule has 1 atom stereocenters. The number of hydrogen-bond acceptors (Lipinski definition) is 4. The number of thiazole rings is 1. The largest absolute Gasteiger partial charge is 0.485 e. The number of aromatic nitrogens is 1. The van der Waals surface area contributed by atoms with Crippen molar-refractivity contribution in [2.45, 2.75) is 39.2 Å². The quantitative estimate of drug-likeness (QED) is 0.420. The first-order valence-corrected chi connectivity index (χ1v) is 10.0. The standard InChI is InChI=1S/C22H22F3NO2S/c1-4-19(28-18-7-5-6-15(12-18)13-27-3)20-14(2)26-21(29-20)16-8-10-17(11-9-16)22(23,24)25/h5-12,19H,4,13H2,1-3H3. The monoisotopic (exact) mass is 421 g/mol. The minimum atomic E-state index is -4.35. The molecule has 1 heterocycles. The van der Waals surface area contributed by atoms with Crippen LogP contribution in [0.4, 0.5) is 13.2 Å². The Hall–Kier alpha value is -2.38. The zero-order valence-electron chi connectivity index (χ0n) is 16.4. The minimum absolute atomic E-state index is 0.187. The lowest BCUT2D eigenvalue weighted by Crippen LogP contribution is -2.06. The second-order valence-corrected chi connectivity index (χ2v) is 7.67. The van der Waals surface area contributed by atoms with Crippen molar-refractivity contribution in [3.63, 3.8) is 0 Å². The summed E-state index contributed by atoms with van der Waals surface area (Å²) in [6.07, 6.45) is -3.79. The highest BCUT2D eigenvalue weighted by Crippen LogP contribution is 2.37. The van der Waals surface area contributed by atoms with Crippen molar-refractivity contribution in [3.05, 3.63) is 70.2 Å². The topological polar surface area (TPSA) is 31.4 Å². The Balaban J connectivity index is 1.83. The number of aryl methyl sites for hydroxylation is 1. The summed E-state index contributed by atoms with van der Waals surface area (Å²) in [6.45, 7) is 4.43. The maximum absolute atomic E-state index is 12.8. The highest BCUT2D eigenvalue weighted by Gasteiger charge is 2.30. The van der Waals surface area contributed by atoms with Crippen LogP contribution in [0.1, 0.15) is 41.1 Å². The molecule has 1 aromatic heterocycles. The van der Waals surface area contributed by atoms with Gasteiger partial charge >= 0.3 is 6.18 Å². The van der Waals surface area contributed by atoms with Crippen molar-refractivity contribution in [1.82, 2.24) is 4.98 Å². The van der Waals surface area contributed by atoms with Gasteiger partial charge in [0, 0.05) is 12.7 Å². The first-order valence-electron chi connectivity index (χ1n) is 9.21. The van der Waals surface area contributed by atoms with E-state index in [2.05, 4.69) is 4.98 Å². The maximum Gasteiger partial charge on any atom is 0.416 e. The lowest BCUT2D eigenvalue weighted by molar-refractivity contribution is -0.137. The van der Waals surface area contributed by atoms with Crippen LogP contribution in [0.5, 0.6) is 5.75 Å². The van der Waals surface area contributed by atoms with Crippen molar-refractivity contribution in [2.24, 2.45) is 0 Å². The Morgan fingerprint density at radius 3 is 2.45 bits per heavy atom. The fourth-order valence-corrected chi connectivity index (χ4v) is 4.18. The summed E-state index contributed by atoms with van der Waals surface area (Å²) in [4.78, 5) is 5.54. The lowest BCUT2D eigenvalue weighted by Gasteiger charge is -2.17. The zero-order chi connectivity index (χ0) is 21.0. The van der Waals surface area contributed by atoms with E-state index >= 15 is 0 Å². The van der Waals surface area contributed by atoms with Crippen LogP contribution in [0, 0.1) is 6.92 Å². The second-order valence-electron chi connectivity index (χ2n) is 6.64. The van der Waals surface area contributed by atoms with E-state index in [1.807, 2.05) is 38.1 Å². The Labute approximate surface area is 172 Å². The average Bonchev–Trinajstić information content (AvgIpc) is 3.08. The van der Waals surface area contributed by atoms with Crippen LogP contribution in [0.2, 0.25) is 0 Å². The molecule has 0 saturated carbocycles. The third kappa shape index (κ3) is 5.16. The molecular weight excluding hydrogens is 399 g/mol. The Morgan fingerprint density at radius 1 is 1.10 bits per heavy atom. The highest BCUT2D eigenvalue weighted by molar-refractivity contribution is 7.15. The molecule has 3 nitrogen and oxygen atoms in total. The van der Waals surface area contributed by atoms with E-state index < -0.39 is 11.7 Å². The van der Waals surface area contributed by atoms with Crippen LogP contribution >= 0.6 is 11.3 Å². The van der Waals surface area contributed by atoms with Crippen molar-refractivity contribution in [3.8, 4) is 16.3 Å². The van der Waals surface area contributed by atoms with Gasteiger partial charge in [0.2, 0.25) is 0 Å². The van der Waals surface area contributed by atoms with Gasteiger partial charge in [0.15, 0.2) is 0 Å². The van der Waals surface area contributed by atoms with E-state index in [-0.39, 0.29) is 6.10 Å². The molecule has 0 radical (unpaired) electrons. The van der Waals surface area contributed by atoms with Gasteiger partial charge in [0.05, 0.1) is 22.7 Å². The van der Waals surface area contributed by atoms with Crippen LogP contribution in [-0.4, -0.2) is 12.1 Å². The molecule has 0 saturated heterocycles. The fourth-order valence-electron chi connectivity index (χ4n) is 2.99. The summed E-state index contributed by atoms with van der Waals surface area (Å²) in [5.74, 6) is 0.746. The Kier molecular flexibility index (Phi) is 6.59. The number of benzene rings is 2. The van der Waals surface area contributed by atoms with Gasteiger partial charge in [0.1, 0.15) is 16.9 Å². The van der Waals surface area contributed by atoms with Gasteiger partial charge in [-0.2, -0.15) is 13.2 Å². The first kappa shape index (κ1) is 21.3. The van der Waals surface area contributed by atoms with Gasteiger partial charge in [-0.3, -0.25) is 0 Å². The van der Waals surface area contributed by atoms with Crippen LogP contribution in [0.25, 0.3) is 10.6 Å². The highest BCUT2D eigenvalue weighted by atomic mass is 32.1. The number of rotatable bonds is 7. The van der Waals surface area contributed by atoms with Crippen LogP contribution in [0.15, 0.2) is 48.5 Å². The van der Waals surface area contributed by atoms with Crippen molar-refractivity contribution >= 4 is 11.3 Å². The summed E-state index contributed by atoms with van der Waals surface area (Å²) in [5.41, 5.74) is 1.84. The molecule has 0 fully saturated rings. The van der Waals surface area contributed by atoms with E-state index in [9.17, 15) is 13.2 Å². The number of methoxy groups -OCH3 is 1. The van der Waals surface area contributed by atoms with Gasteiger partial charge in [0.25, 0.3) is 0 Å². The molecule has 3 aromatic rings. The van der Waals surface area contributed by atoms with Crippen LogP contribution in [0.3, 0.4) is 0 Å². The zero-order valence-corrected chi connectivity index (χ0v) is 17.2. The number of nitrogens with zero attached hydrogens (tertiary/aromatic N) is 1.